The van der Waals surface area contributed by atoms with Gasteiger partial charge in [-0.25, -0.2) is 9.78 Å². The minimum atomic E-state index is -1.10. The average molecular weight is 308 g/mol. The smallest absolute Gasteiger partial charge is 0.356 e. The molecule has 1 heterocycles. The fourth-order valence-electron chi connectivity index (χ4n) is 1.43. The maximum absolute atomic E-state index is 10.8. The van der Waals surface area contributed by atoms with Gasteiger partial charge in [0.05, 0.1) is 12.4 Å². The average Bonchev–Trinajstić information content (AvgIpc) is 2.33. The number of carbonyl (C=O) groups is 1. The van der Waals surface area contributed by atoms with E-state index in [1.165, 1.54) is 12.4 Å². The van der Waals surface area contributed by atoms with Crippen molar-refractivity contribution in [1.82, 2.24) is 9.97 Å². The van der Waals surface area contributed by atoms with Crippen LogP contribution in [0.4, 0.5) is 11.5 Å². The standard InChI is InChI=1S/C12H10BrN3O2/c1-7-4-8(13)2-3-9(7)15-11-6-14-5-10(16-11)12(17)18/h2-6H,1H3,(H,15,16)(H,17,18). The highest BCUT2D eigenvalue weighted by Crippen LogP contribution is 2.22. The van der Waals surface area contributed by atoms with Gasteiger partial charge in [0.2, 0.25) is 0 Å². The first-order valence-electron chi connectivity index (χ1n) is 5.15. The molecule has 2 rings (SSSR count). The Bertz CT molecular complexity index is 602. The SMILES string of the molecule is Cc1cc(Br)ccc1Nc1cncc(C(=O)O)n1. The van der Waals surface area contributed by atoms with E-state index in [0.29, 0.717) is 5.82 Å². The molecule has 18 heavy (non-hydrogen) atoms. The summed E-state index contributed by atoms with van der Waals surface area (Å²) in [5, 5.41) is 11.9. The van der Waals surface area contributed by atoms with Crippen LogP contribution in [0, 0.1) is 6.92 Å². The van der Waals surface area contributed by atoms with Crippen LogP contribution in [-0.4, -0.2) is 21.0 Å². The predicted molar refractivity (Wildman–Crippen MR) is 71.2 cm³/mol. The van der Waals surface area contributed by atoms with Crippen molar-refractivity contribution in [2.75, 3.05) is 5.32 Å². The molecule has 5 nitrogen and oxygen atoms in total. The van der Waals surface area contributed by atoms with Crippen LogP contribution in [0.15, 0.2) is 35.1 Å². The van der Waals surface area contributed by atoms with Crippen LogP contribution in [0.2, 0.25) is 0 Å². The fraction of sp³-hybridized carbons (Fsp3) is 0.0833. The minimum Gasteiger partial charge on any atom is -0.476 e. The quantitative estimate of drug-likeness (QED) is 0.911. The number of hydrogen-bond acceptors (Lipinski definition) is 4. The lowest BCUT2D eigenvalue weighted by Crippen LogP contribution is -2.04. The Balaban J connectivity index is 2.28. The number of anilines is 2. The van der Waals surface area contributed by atoms with Crippen molar-refractivity contribution < 1.29 is 9.90 Å². The molecule has 0 atom stereocenters. The molecule has 1 aromatic heterocycles. The molecule has 92 valence electrons. The van der Waals surface area contributed by atoms with Gasteiger partial charge in [-0.2, -0.15) is 0 Å². The highest BCUT2D eigenvalue weighted by atomic mass is 79.9. The minimum absolute atomic E-state index is 0.0882. The van der Waals surface area contributed by atoms with Crippen LogP contribution in [0.1, 0.15) is 16.1 Å². The summed E-state index contributed by atoms with van der Waals surface area (Å²) in [6.07, 6.45) is 2.69. The third-order valence-corrected chi connectivity index (χ3v) is 2.80. The molecule has 0 saturated carbocycles. The molecule has 2 N–H and O–H groups in total. The third-order valence-electron chi connectivity index (χ3n) is 2.30. The predicted octanol–water partition coefficient (Wildman–Crippen LogP) is 2.99. The topological polar surface area (TPSA) is 75.1 Å². The number of nitrogens with zero attached hydrogens (tertiary/aromatic N) is 2. The van der Waals surface area contributed by atoms with E-state index in [9.17, 15) is 4.79 Å². The monoisotopic (exact) mass is 307 g/mol. The van der Waals surface area contributed by atoms with Gasteiger partial charge < -0.3 is 10.4 Å². The van der Waals surface area contributed by atoms with Crippen molar-refractivity contribution >= 4 is 33.4 Å². The van der Waals surface area contributed by atoms with E-state index in [2.05, 4.69) is 31.2 Å². The number of benzene rings is 1. The summed E-state index contributed by atoms with van der Waals surface area (Å²) >= 11 is 3.38. The first-order chi connectivity index (χ1) is 8.56. The molecule has 0 fully saturated rings. The van der Waals surface area contributed by atoms with Crippen molar-refractivity contribution in [2.24, 2.45) is 0 Å². The maximum Gasteiger partial charge on any atom is 0.356 e. The molecular weight excluding hydrogens is 298 g/mol. The Labute approximate surface area is 112 Å². The number of aromatic nitrogens is 2. The van der Waals surface area contributed by atoms with Gasteiger partial charge in [0.1, 0.15) is 5.82 Å². The number of rotatable bonds is 3. The summed E-state index contributed by atoms with van der Waals surface area (Å²) in [6.45, 7) is 1.95. The molecule has 6 heteroatoms. The highest BCUT2D eigenvalue weighted by molar-refractivity contribution is 9.10. The van der Waals surface area contributed by atoms with Crippen molar-refractivity contribution in [2.45, 2.75) is 6.92 Å². The van der Waals surface area contributed by atoms with Crippen LogP contribution < -0.4 is 5.32 Å². The zero-order valence-electron chi connectivity index (χ0n) is 9.51. The second-order valence-corrected chi connectivity index (χ2v) is 4.59. The van der Waals surface area contributed by atoms with Gasteiger partial charge in [-0.3, -0.25) is 4.98 Å². The Morgan fingerprint density at radius 2 is 2.17 bits per heavy atom. The highest BCUT2D eigenvalue weighted by Gasteiger charge is 2.07. The van der Waals surface area contributed by atoms with E-state index in [1.54, 1.807) is 0 Å². The van der Waals surface area contributed by atoms with Crippen LogP contribution in [0.25, 0.3) is 0 Å². The van der Waals surface area contributed by atoms with E-state index in [4.69, 9.17) is 5.11 Å². The molecule has 1 aromatic carbocycles. The van der Waals surface area contributed by atoms with Crippen molar-refractivity contribution in [3.8, 4) is 0 Å². The molecular formula is C12H10BrN3O2. The fourth-order valence-corrected chi connectivity index (χ4v) is 1.91. The van der Waals surface area contributed by atoms with E-state index in [-0.39, 0.29) is 5.69 Å². The van der Waals surface area contributed by atoms with Gasteiger partial charge in [0.15, 0.2) is 5.69 Å². The zero-order valence-corrected chi connectivity index (χ0v) is 11.1. The molecule has 0 aliphatic heterocycles. The molecule has 0 bridgehead atoms. The molecule has 0 aliphatic rings. The van der Waals surface area contributed by atoms with Gasteiger partial charge in [0, 0.05) is 10.2 Å². The summed E-state index contributed by atoms with van der Waals surface area (Å²) in [6, 6.07) is 5.73. The zero-order chi connectivity index (χ0) is 13.1. The number of carboxylic acids is 1. The van der Waals surface area contributed by atoms with Gasteiger partial charge in [-0.1, -0.05) is 15.9 Å². The largest absolute Gasteiger partial charge is 0.476 e. The number of aryl methyl sites for hydroxylation is 1. The first kappa shape index (κ1) is 12.5. The summed E-state index contributed by atoms with van der Waals surface area (Å²) < 4.78 is 0.982. The van der Waals surface area contributed by atoms with Crippen LogP contribution in [0.3, 0.4) is 0 Å². The van der Waals surface area contributed by atoms with Crippen LogP contribution >= 0.6 is 15.9 Å². The van der Waals surface area contributed by atoms with Gasteiger partial charge in [-0.05, 0) is 30.7 Å². The molecule has 0 spiro atoms. The lowest BCUT2D eigenvalue weighted by molar-refractivity contribution is 0.0690. The Morgan fingerprint density at radius 3 is 2.83 bits per heavy atom. The second kappa shape index (κ2) is 5.14. The number of aromatic carboxylic acids is 1. The molecule has 0 unspecified atom stereocenters. The molecule has 0 radical (unpaired) electrons. The Hall–Kier alpha value is -1.95. The number of hydrogen-bond donors (Lipinski definition) is 2. The summed E-state index contributed by atoms with van der Waals surface area (Å²) in [5.74, 6) is -0.695. The summed E-state index contributed by atoms with van der Waals surface area (Å²) in [7, 11) is 0. The summed E-state index contributed by atoms with van der Waals surface area (Å²) in [5.41, 5.74) is 1.79. The summed E-state index contributed by atoms with van der Waals surface area (Å²) in [4.78, 5) is 18.6. The van der Waals surface area contributed by atoms with Gasteiger partial charge >= 0.3 is 5.97 Å². The van der Waals surface area contributed by atoms with Crippen LogP contribution in [0.5, 0.6) is 0 Å². The number of nitrogens with one attached hydrogen (secondary N) is 1. The lowest BCUT2D eigenvalue weighted by Gasteiger charge is -2.09. The van der Waals surface area contributed by atoms with E-state index >= 15 is 0 Å². The number of carboxylic acid groups (broad SMARTS) is 1. The maximum atomic E-state index is 10.8. The number of halogens is 1. The lowest BCUT2D eigenvalue weighted by atomic mass is 10.2. The van der Waals surface area contributed by atoms with Crippen molar-refractivity contribution in [3.05, 3.63) is 46.3 Å². The molecule has 0 amide bonds. The first-order valence-corrected chi connectivity index (χ1v) is 5.94. The normalized spacial score (nSPS) is 10.1. The van der Waals surface area contributed by atoms with E-state index < -0.39 is 5.97 Å². The third kappa shape index (κ3) is 2.84. The van der Waals surface area contributed by atoms with Crippen molar-refractivity contribution in [1.29, 1.82) is 0 Å². The second-order valence-electron chi connectivity index (χ2n) is 3.68. The molecule has 2 aromatic rings. The van der Waals surface area contributed by atoms with Gasteiger partial charge in [-0.15, -0.1) is 0 Å². The van der Waals surface area contributed by atoms with E-state index in [1.807, 2.05) is 25.1 Å². The Morgan fingerprint density at radius 1 is 1.39 bits per heavy atom. The van der Waals surface area contributed by atoms with Gasteiger partial charge in [0.25, 0.3) is 0 Å². The molecule has 0 saturated heterocycles. The van der Waals surface area contributed by atoms with Crippen molar-refractivity contribution in [3.63, 3.8) is 0 Å². The van der Waals surface area contributed by atoms with Crippen LogP contribution in [-0.2, 0) is 0 Å². The van der Waals surface area contributed by atoms with E-state index in [0.717, 1.165) is 15.7 Å². The molecule has 0 aliphatic carbocycles. The Kier molecular flexibility index (Phi) is 3.57.